The molecular formula is C19H40N+. The van der Waals surface area contributed by atoms with Gasteiger partial charge in [-0.2, -0.15) is 0 Å². The molecule has 0 amide bonds. The summed E-state index contributed by atoms with van der Waals surface area (Å²) in [6.45, 7) is 17.7. The van der Waals surface area contributed by atoms with E-state index < -0.39 is 0 Å². The van der Waals surface area contributed by atoms with Crippen molar-refractivity contribution in [3.8, 4) is 0 Å². The highest BCUT2D eigenvalue weighted by atomic mass is 15.3. The van der Waals surface area contributed by atoms with E-state index in [4.69, 9.17) is 0 Å². The lowest BCUT2D eigenvalue weighted by molar-refractivity contribution is -0.855. The van der Waals surface area contributed by atoms with Gasteiger partial charge in [0.1, 0.15) is 5.70 Å². The number of rotatable bonds is 9. The largest absolute Gasteiger partial charge is 0.300 e. The molecule has 0 radical (unpaired) electrons. The van der Waals surface area contributed by atoms with Crippen molar-refractivity contribution in [2.75, 3.05) is 20.6 Å². The zero-order valence-corrected chi connectivity index (χ0v) is 15.7. The van der Waals surface area contributed by atoms with Gasteiger partial charge >= 0.3 is 0 Å². The first-order valence-electron chi connectivity index (χ1n) is 8.77. The van der Waals surface area contributed by atoms with E-state index in [1.165, 1.54) is 37.8 Å². The van der Waals surface area contributed by atoms with Crippen molar-refractivity contribution in [2.45, 2.75) is 74.1 Å². The molecule has 0 aromatic carbocycles. The van der Waals surface area contributed by atoms with Gasteiger partial charge in [0.25, 0.3) is 0 Å². The second kappa shape index (κ2) is 8.87. The molecule has 1 heteroatoms. The maximum atomic E-state index is 2.46. The molecule has 0 aliphatic rings. The van der Waals surface area contributed by atoms with Crippen LogP contribution < -0.4 is 0 Å². The summed E-state index contributed by atoms with van der Waals surface area (Å²) in [5.74, 6) is 2.36. The SMILES string of the molecule is CCCC(CC)C(C(=C(C)C)[N+](C)(C)CC)C(C)CC. The summed E-state index contributed by atoms with van der Waals surface area (Å²) in [5.41, 5.74) is 3.24. The van der Waals surface area contributed by atoms with Gasteiger partial charge in [-0.25, -0.2) is 0 Å². The zero-order chi connectivity index (χ0) is 15.9. The summed E-state index contributed by atoms with van der Waals surface area (Å²) in [4.78, 5) is 0. The number of quaternary nitrogens is 1. The number of hydrogen-bond acceptors (Lipinski definition) is 0. The summed E-state index contributed by atoms with van der Waals surface area (Å²) in [7, 11) is 4.77. The molecule has 120 valence electrons. The molecular weight excluding hydrogens is 242 g/mol. The third-order valence-electron chi connectivity index (χ3n) is 5.22. The van der Waals surface area contributed by atoms with Crippen molar-refractivity contribution < 1.29 is 4.48 Å². The van der Waals surface area contributed by atoms with E-state index in [0.717, 1.165) is 22.2 Å². The number of allylic oxidation sites excluding steroid dienone is 2. The fourth-order valence-corrected chi connectivity index (χ4v) is 3.73. The van der Waals surface area contributed by atoms with Crippen LogP contribution in [0, 0.1) is 17.8 Å². The third kappa shape index (κ3) is 4.91. The van der Waals surface area contributed by atoms with Gasteiger partial charge in [0.15, 0.2) is 0 Å². The average Bonchev–Trinajstić information content (AvgIpc) is 2.40. The van der Waals surface area contributed by atoms with E-state index in [0.29, 0.717) is 0 Å². The first-order chi connectivity index (χ1) is 9.26. The van der Waals surface area contributed by atoms with Crippen LogP contribution in [0.2, 0.25) is 0 Å². The van der Waals surface area contributed by atoms with Crippen molar-refractivity contribution in [2.24, 2.45) is 17.8 Å². The minimum atomic E-state index is 0.741. The number of hydrogen-bond donors (Lipinski definition) is 0. The van der Waals surface area contributed by atoms with Crippen molar-refractivity contribution in [1.82, 2.24) is 0 Å². The topological polar surface area (TPSA) is 0 Å². The molecule has 0 fully saturated rings. The highest BCUT2D eigenvalue weighted by Crippen LogP contribution is 2.39. The van der Waals surface area contributed by atoms with E-state index in [2.05, 4.69) is 62.6 Å². The molecule has 0 aromatic rings. The lowest BCUT2D eigenvalue weighted by Crippen LogP contribution is -2.45. The lowest BCUT2D eigenvalue weighted by atomic mass is 9.74. The Kier molecular flexibility index (Phi) is 8.74. The minimum Gasteiger partial charge on any atom is -0.300 e. The molecule has 3 unspecified atom stereocenters. The maximum Gasteiger partial charge on any atom is 0.111 e. The van der Waals surface area contributed by atoms with Crippen LogP contribution in [0.1, 0.15) is 74.1 Å². The summed E-state index contributed by atoms with van der Waals surface area (Å²) < 4.78 is 1.05. The highest BCUT2D eigenvalue weighted by Gasteiger charge is 2.37. The second-order valence-electron chi connectivity index (χ2n) is 7.25. The van der Waals surface area contributed by atoms with E-state index in [1.807, 2.05) is 0 Å². The van der Waals surface area contributed by atoms with Crippen LogP contribution in [0.3, 0.4) is 0 Å². The van der Waals surface area contributed by atoms with E-state index in [9.17, 15) is 0 Å². The lowest BCUT2D eigenvalue weighted by Gasteiger charge is -2.41. The van der Waals surface area contributed by atoms with Crippen LogP contribution in [0.15, 0.2) is 11.3 Å². The van der Waals surface area contributed by atoms with Crippen LogP contribution in [0.5, 0.6) is 0 Å². The van der Waals surface area contributed by atoms with Crippen molar-refractivity contribution in [3.63, 3.8) is 0 Å². The van der Waals surface area contributed by atoms with E-state index in [1.54, 1.807) is 5.70 Å². The molecule has 0 heterocycles. The molecule has 0 N–H and O–H groups in total. The Bertz CT molecular complexity index is 297. The van der Waals surface area contributed by atoms with Gasteiger partial charge in [0.05, 0.1) is 20.6 Å². The summed E-state index contributed by atoms with van der Waals surface area (Å²) in [6.07, 6.45) is 5.27. The fourth-order valence-electron chi connectivity index (χ4n) is 3.73. The van der Waals surface area contributed by atoms with Gasteiger partial charge in [-0.1, -0.05) is 47.0 Å². The summed E-state index contributed by atoms with van der Waals surface area (Å²) in [5, 5.41) is 0. The second-order valence-corrected chi connectivity index (χ2v) is 7.25. The quantitative estimate of drug-likeness (QED) is 0.464. The Labute approximate surface area is 129 Å². The Morgan fingerprint density at radius 2 is 1.50 bits per heavy atom. The fraction of sp³-hybridized carbons (Fsp3) is 0.895. The predicted octanol–water partition coefficient (Wildman–Crippen LogP) is 5.87. The van der Waals surface area contributed by atoms with E-state index in [-0.39, 0.29) is 0 Å². The molecule has 20 heavy (non-hydrogen) atoms. The van der Waals surface area contributed by atoms with Crippen molar-refractivity contribution >= 4 is 0 Å². The normalized spacial score (nSPS) is 16.6. The molecule has 0 saturated heterocycles. The minimum absolute atomic E-state index is 0.741. The van der Waals surface area contributed by atoms with Crippen LogP contribution in [0.4, 0.5) is 0 Å². The highest BCUT2D eigenvalue weighted by molar-refractivity contribution is 5.09. The Hall–Kier alpha value is -0.300. The van der Waals surface area contributed by atoms with Crippen molar-refractivity contribution in [1.29, 1.82) is 0 Å². The van der Waals surface area contributed by atoms with Gasteiger partial charge in [-0.15, -0.1) is 0 Å². The molecule has 0 saturated carbocycles. The van der Waals surface area contributed by atoms with Crippen LogP contribution >= 0.6 is 0 Å². The first kappa shape index (κ1) is 19.7. The average molecular weight is 283 g/mol. The smallest absolute Gasteiger partial charge is 0.111 e. The molecule has 0 rings (SSSR count). The molecule has 3 atom stereocenters. The standard InChI is InChI=1S/C19H40N/c1-10-14-17(12-3)18(16(7)11-2)19(15(5)6)20(8,9)13-4/h16-18H,10-14H2,1-9H3/q+1. The summed E-state index contributed by atoms with van der Waals surface area (Å²) in [6, 6.07) is 0. The van der Waals surface area contributed by atoms with Crippen LogP contribution in [0.25, 0.3) is 0 Å². The Balaban J connectivity index is 5.75. The van der Waals surface area contributed by atoms with Gasteiger partial charge in [0.2, 0.25) is 0 Å². The third-order valence-corrected chi connectivity index (χ3v) is 5.22. The summed E-state index contributed by atoms with van der Waals surface area (Å²) >= 11 is 0. The number of nitrogens with zero attached hydrogens (tertiary/aromatic N) is 1. The van der Waals surface area contributed by atoms with Crippen molar-refractivity contribution in [3.05, 3.63) is 11.3 Å². The molecule has 1 nitrogen and oxygen atoms in total. The monoisotopic (exact) mass is 282 g/mol. The predicted molar refractivity (Wildman–Crippen MR) is 92.7 cm³/mol. The van der Waals surface area contributed by atoms with Crippen LogP contribution in [-0.4, -0.2) is 25.1 Å². The van der Waals surface area contributed by atoms with Gasteiger partial charge < -0.3 is 0 Å². The van der Waals surface area contributed by atoms with Gasteiger partial charge in [-0.3, -0.25) is 4.48 Å². The maximum absolute atomic E-state index is 2.46. The van der Waals surface area contributed by atoms with Crippen LogP contribution in [-0.2, 0) is 0 Å². The molecule has 0 aliphatic heterocycles. The first-order valence-corrected chi connectivity index (χ1v) is 8.77. The molecule has 0 bridgehead atoms. The molecule has 0 spiro atoms. The molecule has 0 aromatic heterocycles. The van der Waals surface area contributed by atoms with Gasteiger partial charge in [-0.05, 0) is 44.6 Å². The zero-order valence-electron chi connectivity index (χ0n) is 15.7. The van der Waals surface area contributed by atoms with E-state index >= 15 is 0 Å². The van der Waals surface area contributed by atoms with Gasteiger partial charge in [0, 0.05) is 5.92 Å². The Morgan fingerprint density at radius 1 is 0.950 bits per heavy atom. The Morgan fingerprint density at radius 3 is 1.80 bits per heavy atom. The molecule has 0 aliphatic carbocycles.